The number of rotatable bonds is 6. The number of aromatic nitrogens is 5. The van der Waals surface area contributed by atoms with Crippen molar-refractivity contribution in [1.29, 1.82) is 0 Å². The molecule has 1 N–H and O–H groups in total. The topological polar surface area (TPSA) is 73.0 Å². The van der Waals surface area contributed by atoms with Gasteiger partial charge in [-0.1, -0.05) is 6.07 Å². The van der Waals surface area contributed by atoms with Gasteiger partial charge in [0.25, 0.3) is 0 Å². The highest BCUT2D eigenvalue weighted by Gasteiger charge is 2.42. The van der Waals surface area contributed by atoms with E-state index >= 15 is 0 Å². The fraction of sp³-hybridized carbons (Fsp3) is 0.250. The molecule has 8 nitrogen and oxygen atoms in total. The molecule has 0 unspecified atom stereocenters. The standard InChI is InChI=1S/C24H25N7OS/c1-4-32-19-10-8-18(9-11-19)30-23(22(28-24(30)33)21-7-5-6-12-25-21)20-13-16(2)31(17(20)3)29-14-26-27-15-29/h5-15,22-23H,4H2,1-3H3,(H,28,33)/t22-,23+/m1/s1. The number of benzene rings is 1. The Kier molecular flexibility index (Phi) is 5.55. The highest BCUT2D eigenvalue weighted by molar-refractivity contribution is 7.80. The maximum atomic E-state index is 5.85. The van der Waals surface area contributed by atoms with Gasteiger partial charge >= 0.3 is 0 Å². The van der Waals surface area contributed by atoms with E-state index in [0.29, 0.717) is 11.7 Å². The van der Waals surface area contributed by atoms with Crippen LogP contribution >= 0.6 is 12.2 Å². The van der Waals surface area contributed by atoms with Crippen LogP contribution in [0.5, 0.6) is 5.75 Å². The number of thiocarbonyl (C=S) groups is 1. The molecule has 1 aliphatic heterocycles. The van der Waals surface area contributed by atoms with E-state index in [9.17, 15) is 0 Å². The summed E-state index contributed by atoms with van der Waals surface area (Å²) in [5, 5.41) is 12.1. The zero-order valence-corrected chi connectivity index (χ0v) is 19.5. The van der Waals surface area contributed by atoms with E-state index in [2.05, 4.69) is 50.0 Å². The lowest BCUT2D eigenvalue weighted by Gasteiger charge is -2.28. The van der Waals surface area contributed by atoms with Crippen LogP contribution in [0.4, 0.5) is 5.69 Å². The second-order valence-corrected chi connectivity index (χ2v) is 8.29. The molecule has 5 rings (SSSR count). The molecule has 0 saturated carbocycles. The van der Waals surface area contributed by atoms with Crippen molar-refractivity contribution in [2.75, 3.05) is 11.5 Å². The van der Waals surface area contributed by atoms with Gasteiger partial charge in [0.2, 0.25) is 0 Å². The van der Waals surface area contributed by atoms with Crippen molar-refractivity contribution in [3.05, 3.63) is 90.0 Å². The lowest BCUT2D eigenvalue weighted by atomic mass is 9.96. The van der Waals surface area contributed by atoms with Crippen molar-refractivity contribution in [2.45, 2.75) is 32.9 Å². The number of pyridine rings is 1. The van der Waals surface area contributed by atoms with E-state index in [-0.39, 0.29) is 12.1 Å². The molecule has 2 atom stereocenters. The summed E-state index contributed by atoms with van der Waals surface area (Å²) in [6, 6.07) is 16.0. The molecule has 1 aromatic carbocycles. The third kappa shape index (κ3) is 3.74. The van der Waals surface area contributed by atoms with Crippen LogP contribution in [-0.2, 0) is 0 Å². The van der Waals surface area contributed by atoms with Gasteiger partial charge in [0.1, 0.15) is 18.4 Å². The van der Waals surface area contributed by atoms with E-state index in [1.165, 1.54) is 0 Å². The van der Waals surface area contributed by atoms with Crippen LogP contribution in [0.3, 0.4) is 0 Å². The van der Waals surface area contributed by atoms with Gasteiger partial charge in [0.15, 0.2) is 5.11 Å². The molecule has 3 aromatic heterocycles. The van der Waals surface area contributed by atoms with Crippen molar-refractivity contribution in [1.82, 2.24) is 29.9 Å². The Labute approximate surface area is 197 Å². The molecule has 9 heteroatoms. The van der Waals surface area contributed by atoms with E-state index < -0.39 is 0 Å². The molecule has 0 radical (unpaired) electrons. The second kappa shape index (κ2) is 8.67. The molecule has 168 valence electrons. The Morgan fingerprint density at radius 2 is 1.82 bits per heavy atom. The van der Waals surface area contributed by atoms with Crippen LogP contribution in [0.1, 0.15) is 41.7 Å². The molecule has 33 heavy (non-hydrogen) atoms. The lowest BCUT2D eigenvalue weighted by molar-refractivity contribution is 0.340. The first kappa shape index (κ1) is 21.1. The predicted octanol–water partition coefficient (Wildman–Crippen LogP) is 3.98. The summed E-state index contributed by atoms with van der Waals surface area (Å²) in [6.45, 7) is 6.79. The SMILES string of the molecule is CCOc1ccc(N2C(=S)N[C@H](c3ccccn3)[C@@H]2c2cc(C)n(-n3cnnc3)c2C)cc1. The van der Waals surface area contributed by atoms with Gasteiger partial charge in [-0.25, -0.2) is 4.68 Å². The fourth-order valence-electron chi connectivity index (χ4n) is 4.55. The smallest absolute Gasteiger partial charge is 0.174 e. The molecule has 0 spiro atoms. The molecule has 0 bridgehead atoms. The van der Waals surface area contributed by atoms with E-state index in [1.807, 2.05) is 60.3 Å². The number of nitrogens with one attached hydrogen (secondary N) is 1. The molecule has 1 aliphatic rings. The monoisotopic (exact) mass is 459 g/mol. The lowest BCUT2D eigenvalue weighted by Crippen LogP contribution is -2.29. The van der Waals surface area contributed by atoms with Crippen molar-refractivity contribution in [3.8, 4) is 5.75 Å². The first-order valence-corrected chi connectivity index (χ1v) is 11.3. The highest BCUT2D eigenvalue weighted by Crippen LogP contribution is 2.43. The summed E-state index contributed by atoms with van der Waals surface area (Å²) in [6.07, 6.45) is 5.21. The number of hydrogen-bond donors (Lipinski definition) is 1. The molecule has 1 saturated heterocycles. The van der Waals surface area contributed by atoms with Gasteiger partial charge in [0.05, 0.1) is 24.4 Å². The third-order valence-electron chi connectivity index (χ3n) is 5.91. The van der Waals surface area contributed by atoms with Gasteiger partial charge in [-0.3, -0.25) is 9.66 Å². The zero-order valence-electron chi connectivity index (χ0n) is 18.7. The van der Waals surface area contributed by atoms with E-state index in [4.69, 9.17) is 17.0 Å². The highest BCUT2D eigenvalue weighted by atomic mass is 32.1. The summed E-state index contributed by atoms with van der Waals surface area (Å²) >= 11 is 5.85. The minimum Gasteiger partial charge on any atom is -0.494 e. The number of hydrogen-bond acceptors (Lipinski definition) is 5. The van der Waals surface area contributed by atoms with Crippen molar-refractivity contribution in [2.24, 2.45) is 0 Å². The minimum atomic E-state index is -0.111. The van der Waals surface area contributed by atoms with Crippen LogP contribution in [0.25, 0.3) is 0 Å². The number of ether oxygens (including phenoxy) is 1. The quantitative estimate of drug-likeness (QED) is 0.437. The van der Waals surface area contributed by atoms with Crippen molar-refractivity contribution in [3.63, 3.8) is 0 Å². The average molecular weight is 460 g/mol. The van der Waals surface area contributed by atoms with Crippen LogP contribution in [0, 0.1) is 13.8 Å². The van der Waals surface area contributed by atoms with Crippen LogP contribution in [0.15, 0.2) is 67.4 Å². The maximum absolute atomic E-state index is 5.85. The third-order valence-corrected chi connectivity index (χ3v) is 6.23. The average Bonchev–Trinajstić information content (AvgIpc) is 3.53. The first-order valence-electron chi connectivity index (χ1n) is 10.9. The van der Waals surface area contributed by atoms with Crippen LogP contribution < -0.4 is 15.0 Å². The Morgan fingerprint density at radius 3 is 2.48 bits per heavy atom. The van der Waals surface area contributed by atoms with Crippen LogP contribution in [-0.4, -0.2) is 36.3 Å². The maximum Gasteiger partial charge on any atom is 0.174 e. The summed E-state index contributed by atoms with van der Waals surface area (Å²) in [5.41, 5.74) is 5.24. The minimum absolute atomic E-state index is 0.0956. The van der Waals surface area contributed by atoms with Crippen LogP contribution in [0.2, 0.25) is 0 Å². The Hall–Kier alpha value is -3.72. The Balaban J connectivity index is 1.64. The molecule has 4 heterocycles. The fourth-order valence-corrected chi connectivity index (χ4v) is 4.90. The van der Waals surface area contributed by atoms with Gasteiger partial charge in [-0.2, -0.15) is 0 Å². The van der Waals surface area contributed by atoms with Gasteiger partial charge in [0, 0.05) is 28.8 Å². The Morgan fingerprint density at radius 1 is 1.06 bits per heavy atom. The van der Waals surface area contributed by atoms with Gasteiger partial charge in [-0.05, 0) is 75.5 Å². The van der Waals surface area contributed by atoms with Gasteiger partial charge in [-0.15, -0.1) is 10.2 Å². The molecule has 0 amide bonds. The largest absolute Gasteiger partial charge is 0.494 e. The number of aryl methyl sites for hydroxylation is 1. The zero-order chi connectivity index (χ0) is 22.9. The molecule has 1 fully saturated rings. The normalized spacial score (nSPS) is 17.9. The summed E-state index contributed by atoms with van der Waals surface area (Å²) in [5.74, 6) is 0.836. The van der Waals surface area contributed by atoms with E-state index in [1.54, 1.807) is 12.7 Å². The summed E-state index contributed by atoms with van der Waals surface area (Å²) < 4.78 is 9.62. The van der Waals surface area contributed by atoms with Crippen molar-refractivity contribution < 1.29 is 4.74 Å². The summed E-state index contributed by atoms with van der Waals surface area (Å²) in [4.78, 5) is 6.81. The van der Waals surface area contributed by atoms with E-state index in [0.717, 1.165) is 34.1 Å². The number of anilines is 1. The predicted molar refractivity (Wildman–Crippen MR) is 130 cm³/mol. The van der Waals surface area contributed by atoms with Gasteiger partial charge < -0.3 is 15.0 Å². The molecule has 0 aliphatic carbocycles. The summed E-state index contributed by atoms with van der Waals surface area (Å²) in [7, 11) is 0. The van der Waals surface area contributed by atoms with Crippen molar-refractivity contribution >= 4 is 23.0 Å². The first-order chi connectivity index (χ1) is 16.1. The second-order valence-electron chi connectivity index (χ2n) is 7.90. The molecular formula is C24H25N7OS. The number of nitrogens with zero attached hydrogens (tertiary/aromatic N) is 6. The molecular weight excluding hydrogens is 434 g/mol. The molecule has 4 aromatic rings. The Bertz CT molecular complexity index is 1250.